The fourth-order valence-electron chi connectivity index (χ4n) is 1.97. The number of alkyl halides is 3. The Kier molecular flexibility index (Phi) is 5.33. The monoisotopic (exact) mass is 410 g/mol. The molecule has 0 amide bonds. The highest BCUT2D eigenvalue weighted by atomic mass is 35.5. The number of ether oxygens (including phenoxy) is 1. The summed E-state index contributed by atoms with van der Waals surface area (Å²) >= 11 is 5.73. The lowest BCUT2D eigenvalue weighted by atomic mass is 10.2. The van der Waals surface area contributed by atoms with Gasteiger partial charge in [0.1, 0.15) is 10.6 Å². The Morgan fingerprint density at radius 2 is 1.85 bits per heavy atom. The molecule has 0 aliphatic heterocycles. The van der Waals surface area contributed by atoms with Gasteiger partial charge in [0, 0.05) is 12.1 Å². The number of sulfonamides is 1. The molecule has 0 aliphatic carbocycles. The maximum atomic E-state index is 12.8. The highest BCUT2D eigenvalue weighted by Gasteiger charge is 2.33. The predicted molar refractivity (Wildman–Crippen MR) is 86.9 cm³/mol. The molecule has 0 bridgehead atoms. The molecule has 0 saturated carbocycles. The van der Waals surface area contributed by atoms with Crippen molar-refractivity contribution in [3.63, 3.8) is 0 Å². The van der Waals surface area contributed by atoms with Gasteiger partial charge < -0.3 is 4.74 Å². The Morgan fingerprint density at radius 3 is 2.38 bits per heavy atom. The van der Waals surface area contributed by atoms with Crippen LogP contribution in [0.4, 0.5) is 24.5 Å². The van der Waals surface area contributed by atoms with Gasteiger partial charge in [-0.2, -0.15) is 13.2 Å². The van der Waals surface area contributed by atoms with E-state index in [4.69, 9.17) is 16.3 Å². The predicted octanol–water partition coefficient (Wildman–Crippen LogP) is 4.08. The molecule has 2 aromatic carbocycles. The van der Waals surface area contributed by atoms with Gasteiger partial charge in [-0.1, -0.05) is 11.6 Å². The van der Waals surface area contributed by atoms with Crippen molar-refractivity contribution in [1.82, 2.24) is 0 Å². The van der Waals surface area contributed by atoms with Gasteiger partial charge in [-0.25, -0.2) is 8.42 Å². The lowest BCUT2D eigenvalue weighted by Crippen LogP contribution is -2.16. The first kappa shape index (κ1) is 19.8. The Bertz CT molecular complexity index is 964. The quantitative estimate of drug-likeness (QED) is 0.591. The van der Waals surface area contributed by atoms with Crippen LogP contribution in [0.5, 0.6) is 5.75 Å². The number of nitro groups is 1. The molecule has 1 N–H and O–H groups in total. The molecule has 0 aromatic heterocycles. The average Bonchev–Trinajstić information content (AvgIpc) is 2.53. The molecule has 0 radical (unpaired) electrons. The van der Waals surface area contributed by atoms with E-state index >= 15 is 0 Å². The number of rotatable bonds is 5. The summed E-state index contributed by atoms with van der Waals surface area (Å²) in [4.78, 5) is 9.24. The van der Waals surface area contributed by atoms with Crippen molar-refractivity contribution in [2.45, 2.75) is 11.1 Å². The molecule has 0 heterocycles. The minimum Gasteiger partial charge on any atom is -0.495 e. The van der Waals surface area contributed by atoms with E-state index in [1.807, 2.05) is 4.72 Å². The number of halogens is 4. The van der Waals surface area contributed by atoms with Crippen molar-refractivity contribution in [3.8, 4) is 5.75 Å². The number of anilines is 1. The summed E-state index contributed by atoms with van der Waals surface area (Å²) in [5.41, 5.74) is -1.98. The largest absolute Gasteiger partial charge is 0.495 e. The smallest absolute Gasteiger partial charge is 0.416 e. The Balaban J connectivity index is 2.53. The Hall–Kier alpha value is -2.53. The zero-order valence-electron chi connectivity index (χ0n) is 12.9. The summed E-state index contributed by atoms with van der Waals surface area (Å²) in [6.45, 7) is 0. The van der Waals surface area contributed by atoms with Crippen molar-refractivity contribution in [2.75, 3.05) is 11.8 Å². The second-order valence-electron chi connectivity index (χ2n) is 4.89. The van der Waals surface area contributed by atoms with Gasteiger partial charge in [0.25, 0.3) is 15.7 Å². The van der Waals surface area contributed by atoms with Crippen LogP contribution < -0.4 is 9.46 Å². The molecule has 12 heteroatoms. The van der Waals surface area contributed by atoms with Crippen LogP contribution in [-0.4, -0.2) is 20.5 Å². The van der Waals surface area contributed by atoms with Crippen molar-refractivity contribution in [2.24, 2.45) is 0 Å². The van der Waals surface area contributed by atoms with Crippen molar-refractivity contribution >= 4 is 33.0 Å². The van der Waals surface area contributed by atoms with Crippen LogP contribution in [0.15, 0.2) is 41.3 Å². The topological polar surface area (TPSA) is 98.5 Å². The summed E-state index contributed by atoms with van der Waals surface area (Å²) in [5.74, 6) is -0.0673. The van der Waals surface area contributed by atoms with Crippen molar-refractivity contribution in [3.05, 3.63) is 57.1 Å². The van der Waals surface area contributed by atoms with Gasteiger partial charge >= 0.3 is 6.18 Å². The molecular weight excluding hydrogens is 401 g/mol. The standard InChI is InChI=1S/C14H10ClF3N2O5S/c1-25-12-5-3-9(20(21)22)7-11(12)19-26(23,24)13-6-8(14(16,17)18)2-4-10(13)15/h2-7,19H,1H3. The second-order valence-corrected chi connectivity index (χ2v) is 6.95. The molecule has 26 heavy (non-hydrogen) atoms. The third-order valence-electron chi connectivity index (χ3n) is 3.19. The zero-order chi connectivity index (χ0) is 19.7. The van der Waals surface area contributed by atoms with Gasteiger partial charge in [-0.15, -0.1) is 0 Å². The molecule has 0 unspecified atom stereocenters. The first-order valence-electron chi connectivity index (χ1n) is 6.67. The van der Waals surface area contributed by atoms with Crippen molar-refractivity contribution < 1.29 is 31.2 Å². The summed E-state index contributed by atoms with van der Waals surface area (Å²) < 4.78 is 70.3. The van der Waals surface area contributed by atoms with Gasteiger partial charge in [0.05, 0.1) is 28.3 Å². The number of benzene rings is 2. The van der Waals surface area contributed by atoms with Crippen LogP contribution in [0, 0.1) is 10.1 Å². The Labute approximate surface area is 150 Å². The first-order valence-corrected chi connectivity index (χ1v) is 8.54. The maximum absolute atomic E-state index is 12.8. The first-order chi connectivity index (χ1) is 12.0. The average molecular weight is 411 g/mol. The number of hydrogen-bond acceptors (Lipinski definition) is 5. The zero-order valence-corrected chi connectivity index (χ0v) is 14.4. The third-order valence-corrected chi connectivity index (χ3v) is 5.03. The van der Waals surface area contributed by atoms with Crippen LogP contribution in [0.25, 0.3) is 0 Å². The number of nitro benzene ring substituents is 1. The molecule has 7 nitrogen and oxygen atoms in total. The van der Waals surface area contributed by atoms with E-state index < -0.39 is 42.3 Å². The summed E-state index contributed by atoms with van der Waals surface area (Å²) in [7, 11) is -3.40. The fourth-order valence-corrected chi connectivity index (χ4v) is 3.56. The van der Waals surface area contributed by atoms with E-state index in [0.717, 1.165) is 24.3 Å². The molecule has 2 rings (SSSR count). The van der Waals surface area contributed by atoms with Gasteiger partial charge in [0.15, 0.2) is 0 Å². The Morgan fingerprint density at radius 1 is 1.19 bits per heavy atom. The van der Waals surface area contributed by atoms with E-state index in [2.05, 4.69) is 0 Å². The highest BCUT2D eigenvalue weighted by molar-refractivity contribution is 7.92. The second kappa shape index (κ2) is 7.00. The van der Waals surface area contributed by atoms with E-state index in [-0.39, 0.29) is 11.4 Å². The SMILES string of the molecule is COc1ccc([N+](=O)[O-])cc1NS(=O)(=O)c1cc(C(F)(F)F)ccc1Cl. The van der Waals surface area contributed by atoms with E-state index in [1.165, 1.54) is 7.11 Å². The van der Waals surface area contributed by atoms with Gasteiger partial charge in [0.2, 0.25) is 0 Å². The van der Waals surface area contributed by atoms with Crippen LogP contribution in [0.1, 0.15) is 5.56 Å². The van der Waals surface area contributed by atoms with Crippen LogP contribution in [0.3, 0.4) is 0 Å². The molecule has 2 aromatic rings. The van der Waals surface area contributed by atoms with Crippen LogP contribution in [0.2, 0.25) is 5.02 Å². The molecule has 0 atom stereocenters. The molecule has 0 fully saturated rings. The lowest BCUT2D eigenvalue weighted by molar-refractivity contribution is -0.384. The fraction of sp³-hybridized carbons (Fsp3) is 0.143. The molecule has 0 spiro atoms. The van der Waals surface area contributed by atoms with Crippen LogP contribution in [-0.2, 0) is 16.2 Å². The minimum absolute atomic E-state index is 0.0673. The molecule has 0 saturated heterocycles. The summed E-state index contributed by atoms with van der Waals surface area (Å²) in [5, 5.41) is 10.4. The number of methoxy groups -OCH3 is 1. The number of non-ortho nitro benzene ring substituents is 1. The van der Waals surface area contributed by atoms with Crippen LogP contribution >= 0.6 is 11.6 Å². The van der Waals surface area contributed by atoms with E-state index in [0.29, 0.717) is 12.1 Å². The van der Waals surface area contributed by atoms with Gasteiger partial charge in [-0.05, 0) is 24.3 Å². The normalized spacial score (nSPS) is 11.9. The highest BCUT2D eigenvalue weighted by Crippen LogP contribution is 2.35. The maximum Gasteiger partial charge on any atom is 0.416 e. The molecule has 0 aliphatic rings. The molecule has 140 valence electrons. The van der Waals surface area contributed by atoms with E-state index in [1.54, 1.807) is 0 Å². The minimum atomic E-state index is -4.78. The van der Waals surface area contributed by atoms with Crippen molar-refractivity contribution in [1.29, 1.82) is 0 Å². The number of nitrogens with zero attached hydrogens (tertiary/aromatic N) is 1. The number of hydrogen-bond donors (Lipinski definition) is 1. The lowest BCUT2D eigenvalue weighted by Gasteiger charge is -2.14. The molecular formula is C14H10ClF3N2O5S. The third kappa shape index (κ3) is 4.17. The number of nitrogens with one attached hydrogen (secondary N) is 1. The summed E-state index contributed by atoms with van der Waals surface area (Å²) in [6, 6.07) is 4.89. The van der Waals surface area contributed by atoms with E-state index in [9.17, 15) is 31.7 Å². The van der Waals surface area contributed by atoms with Gasteiger partial charge in [-0.3, -0.25) is 14.8 Å². The summed E-state index contributed by atoms with van der Waals surface area (Å²) in [6.07, 6.45) is -4.78.